The third-order valence-electron chi connectivity index (χ3n) is 3.36. The topological polar surface area (TPSA) is 59.9 Å². The maximum Gasteiger partial charge on any atom is 0.170 e. The monoisotopic (exact) mass is 282 g/mol. The van der Waals surface area contributed by atoms with Crippen molar-refractivity contribution >= 4 is 23.1 Å². The largest absolute Gasteiger partial charge is 0.296 e. The zero-order valence-corrected chi connectivity index (χ0v) is 12.3. The number of rotatable bonds is 1. The number of hydrogen-bond donors (Lipinski definition) is 0. The summed E-state index contributed by atoms with van der Waals surface area (Å²) in [4.78, 5) is 29.4. The normalized spacial score (nSPS) is 13.8. The number of nitrogens with zero attached hydrogens (tertiary/aromatic N) is 2. The van der Waals surface area contributed by atoms with Crippen LogP contribution in [0.25, 0.3) is 11.0 Å². The number of carbonyl (C=O) groups excluding carboxylic acids is 2. The molecule has 0 bridgehead atoms. The van der Waals surface area contributed by atoms with Crippen LogP contribution in [-0.2, 0) is 4.79 Å². The third-order valence-corrected chi connectivity index (χ3v) is 3.36. The number of allylic oxidation sites excluding steroid dienone is 2. The van der Waals surface area contributed by atoms with E-state index in [9.17, 15) is 9.59 Å². The van der Waals surface area contributed by atoms with Gasteiger partial charge in [-0.3, -0.25) is 14.6 Å². The van der Waals surface area contributed by atoms with Gasteiger partial charge in [-0.15, -0.1) is 0 Å². The number of para-hydroxylation sites is 2. The standard InChI is InChI=1S/C9H6N2O.C8H12O/c12-6-7-5-10-8-3-1-2-4-9(8)11-7;1-6(2)7-4-3-5-8(7)9/h1-6H;3-5H2,1-2H3. The summed E-state index contributed by atoms with van der Waals surface area (Å²) in [5.74, 6) is 0.370. The molecule has 1 fully saturated rings. The van der Waals surface area contributed by atoms with Gasteiger partial charge >= 0.3 is 0 Å². The minimum atomic E-state index is 0.369. The summed E-state index contributed by atoms with van der Waals surface area (Å²) in [5, 5.41) is 0. The molecular weight excluding hydrogens is 264 g/mol. The molecule has 0 N–H and O–H groups in total. The predicted octanol–water partition coefficient (Wildman–Crippen LogP) is 3.52. The fraction of sp³-hybridized carbons (Fsp3) is 0.294. The van der Waals surface area contributed by atoms with Gasteiger partial charge in [-0.1, -0.05) is 17.7 Å². The minimum absolute atomic E-state index is 0.369. The smallest absolute Gasteiger partial charge is 0.170 e. The van der Waals surface area contributed by atoms with E-state index in [-0.39, 0.29) is 0 Å². The van der Waals surface area contributed by atoms with Gasteiger partial charge in [0.25, 0.3) is 0 Å². The van der Waals surface area contributed by atoms with Gasteiger partial charge in [0.2, 0.25) is 0 Å². The highest BCUT2D eigenvalue weighted by Crippen LogP contribution is 2.22. The molecule has 3 rings (SSSR count). The second-order valence-corrected chi connectivity index (χ2v) is 5.16. The maximum atomic E-state index is 11.0. The lowest BCUT2D eigenvalue weighted by atomic mass is 10.1. The van der Waals surface area contributed by atoms with Crippen molar-refractivity contribution in [2.75, 3.05) is 0 Å². The number of aldehydes is 1. The summed E-state index contributed by atoms with van der Waals surface area (Å²) in [7, 11) is 0. The van der Waals surface area contributed by atoms with Gasteiger partial charge in [0, 0.05) is 6.42 Å². The summed E-state index contributed by atoms with van der Waals surface area (Å²) in [6, 6.07) is 7.44. The van der Waals surface area contributed by atoms with E-state index in [1.807, 2.05) is 38.1 Å². The molecule has 4 heteroatoms. The first-order chi connectivity index (χ1) is 10.1. The highest BCUT2D eigenvalue weighted by molar-refractivity contribution is 5.97. The minimum Gasteiger partial charge on any atom is -0.296 e. The molecule has 0 saturated heterocycles. The SMILES string of the molecule is CC(C)=C1CCCC1=O.O=Cc1cnc2ccccc2n1. The fourth-order valence-electron chi connectivity index (χ4n) is 2.27. The molecule has 1 aliphatic rings. The Morgan fingerprint density at radius 2 is 1.86 bits per heavy atom. The molecule has 1 aliphatic carbocycles. The molecule has 1 aromatic carbocycles. The first-order valence-corrected chi connectivity index (χ1v) is 6.98. The molecular formula is C17H18N2O2. The van der Waals surface area contributed by atoms with Crippen LogP contribution >= 0.6 is 0 Å². The van der Waals surface area contributed by atoms with Gasteiger partial charge in [0.15, 0.2) is 12.1 Å². The lowest BCUT2D eigenvalue weighted by Crippen LogP contribution is -1.92. The first kappa shape index (κ1) is 15.0. The van der Waals surface area contributed by atoms with Crippen molar-refractivity contribution in [2.24, 2.45) is 0 Å². The zero-order chi connectivity index (χ0) is 15.2. The summed E-state index contributed by atoms with van der Waals surface area (Å²) in [5.41, 5.74) is 4.21. The van der Waals surface area contributed by atoms with Crippen LogP contribution < -0.4 is 0 Å². The zero-order valence-electron chi connectivity index (χ0n) is 12.3. The van der Waals surface area contributed by atoms with E-state index in [1.165, 1.54) is 11.8 Å². The molecule has 0 radical (unpaired) electrons. The van der Waals surface area contributed by atoms with Crippen molar-refractivity contribution in [3.8, 4) is 0 Å². The number of Topliss-reactive ketones (excluding diaryl/α,β-unsaturated/α-hetero) is 1. The highest BCUT2D eigenvalue weighted by Gasteiger charge is 2.17. The van der Waals surface area contributed by atoms with Crippen molar-refractivity contribution in [3.05, 3.63) is 47.3 Å². The molecule has 1 saturated carbocycles. The number of fused-ring (bicyclic) bond motifs is 1. The van der Waals surface area contributed by atoms with Crippen LogP contribution in [0, 0.1) is 0 Å². The molecule has 4 nitrogen and oxygen atoms in total. The van der Waals surface area contributed by atoms with Crippen molar-refractivity contribution < 1.29 is 9.59 Å². The Hall–Kier alpha value is -2.36. The van der Waals surface area contributed by atoms with Gasteiger partial charge in [-0.2, -0.15) is 0 Å². The van der Waals surface area contributed by atoms with Crippen LogP contribution in [0.2, 0.25) is 0 Å². The van der Waals surface area contributed by atoms with E-state index in [0.717, 1.165) is 35.9 Å². The van der Waals surface area contributed by atoms with E-state index >= 15 is 0 Å². The highest BCUT2D eigenvalue weighted by atomic mass is 16.1. The molecule has 1 aromatic heterocycles. The van der Waals surface area contributed by atoms with Crippen molar-refractivity contribution in [1.29, 1.82) is 0 Å². The first-order valence-electron chi connectivity index (χ1n) is 6.98. The molecule has 0 atom stereocenters. The fourth-order valence-corrected chi connectivity index (χ4v) is 2.27. The molecule has 0 aliphatic heterocycles. The predicted molar refractivity (Wildman–Crippen MR) is 82.2 cm³/mol. The number of hydrogen-bond acceptors (Lipinski definition) is 4. The molecule has 0 unspecified atom stereocenters. The third kappa shape index (κ3) is 3.81. The van der Waals surface area contributed by atoms with Crippen LogP contribution in [0.1, 0.15) is 43.6 Å². The van der Waals surface area contributed by atoms with E-state index in [1.54, 1.807) is 0 Å². The maximum absolute atomic E-state index is 11.0. The van der Waals surface area contributed by atoms with Gasteiger partial charge in [-0.05, 0) is 44.4 Å². The number of benzene rings is 1. The summed E-state index contributed by atoms with van der Waals surface area (Å²) in [6.45, 7) is 4.02. The number of aromatic nitrogens is 2. The van der Waals surface area contributed by atoms with Crippen LogP contribution in [0.3, 0.4) is 0 Å². The second kappa shape index (κ2) is 6.88. The molecule has 108 valence electrons. The Balaban J connectivity index is 0.000000161. The quantitative estimate of drug-likeness (QED) is 0.593. The Bertz CT molecular complexity index is 701. The molecule has 0 spiro atoms. The van der Waals surface area contributed by atoms with Gasteiger partial charge in [-0.25, -0.2) is 4.98 Å². The lowest BCUT2D eigenvalue weighted by Gasteiger charge is -1.94. The Kier molecular flexibility index (Phi) is 4.93. The van der Waals surface area contributed by atoms with Gasteiger partial charge in [0.05, 0.1) is 17.2 Å². The lowest BCUT2D eigenvalue weighted by molar-refractivity contribution is -0.114. The van der Waals surface area contributed by atoms with Gasteiger partial charge < -0.3 is 0 Å². The van der Waals surface area contributed by atoms with E-state index < -0.39 is 0 Å². The summed E-state index contributed by atoms with van der Waals surface area (Å²) < 4.78 is 0. The average Bonchev–Trinajstić information content (AvgIpc) is 2.94. The van der Waals surface area contributed by atoms with E-state index in [2.05, 4.69) is 9.97 Å². The van der Waals surface area contributed by atoms with Crippen LogP contribution in [0.4, 0.5) is 0 Å². The average molecular weight is 282 g/mol. The molecule has 2 aromatic rings. The second-order valence-electron chi connectivity index (χ2n) is 5.16. The van der Waals surface area contributed by atoms with Crippen LogP contribution in [0.5, 0.6) is 0 Å². The van der Waals surface area contributed by atoms with Crippen molar-refractivity contribution in [2.45, 2.75) is 33.1 Å². The summed E-state index contributed by atoms with van der Waals surface area (Å²) in [6.07, 6.45) is 5.02. The van der Waals surface area contributed by atoms with Crippen LogP contribution in [-0.4, -0.2) is 22.0 Å². The molecule has 0 amide bonds. The summed E-state index contributed by atoms with van der Waals surface area (Å²) >= 11 is 0. The van der Waals surface area contributed by atoms with Crippen molar-refractivity contribution in [3.63, 3.8) is 0 Å². The molecule has 21 heavy (non-hydrogen) atoms. The van der Waals surface area contributed by atoms with Gasteiger partial charge in [0.1, 0.15) is 5.69 Å². The van der Waals surface area contributed by atoms with Crippen LogP contribution in [0.15, 0.2) is 41.6 Å². The Morgan fingerprint density at radius 1 is 1.14 bits per heavy atom. The molecule has 1 heterocycles. The van der Waals surface area contributed by atoms with E-state index in [4.69, 9.17) is 0 Å². The number of carbonyl (C=O) groups is 2. The Labute approximate surface area is 123 Å². The van der Waals surface area contributed by atoms with Crippen molar-refractivity contribution in [1.82, 2.24) is 9.97 Å². The number of ketones is 1. The van der Waals surface area contributed by atoms with E-state index in [0.29, 0.717) is 17.8 Å². The Morgan fingerprint density at radius 3 is 2.38 bits per heavy atom.